The van der Waals surface area contributed by atoms with E-state index < -0.39 is 0 Å². The van der Waals surface area contributed by atoms with Gasteiger partial charge in [0.1, 0.15) is 5.82 Å². The summed E-state index contributed by atoms with van der Waals surface area (Å²) >= 11 is 1.74. The van der Waals surface area contributed by atoms with Crippen LogP contribution in [0.5, 0.6) is 0 Å². The number of thiophene rings is 1. The molecule has 3 nitrogen and oxygen atoms in total. The highest BCUT2D eigenvalue weighted by atomic mass is 32.1. The number of benzene rings is 5. The Balaban J connectivity index is 1.24. The molecule has 4 heterocycles. The molecule has 0 aliphatic carbocycles. The molecule has 0 radical (unpaired) electrons. The smallest absolute Gasteiger partial charge is 0.138 e. The third kappa shape index (κ3) is 3.28. The molecule has 0 saturated heterocycles. The van der Waals surface area contributed by atoms with Crippen LogP contribution in [0.1, 0.15) is 0 Å². The van der Waals surface area contributed by atoms with Gasteiger partial charge in [0.15, 0.2) is 0 Å². The average molecular weight is 542 g/mol. The summed E-state index contributed by atoms with van der Waals surface area (Å²) in [7, 11) is 0. The van der Waals surface area contributed by atoms with E-state index in [1.807, 2.05) is 0 Å². The van der Waals surface area contributed by atoms with Crippen LogP contribution in [0.15, 0.2) is 138 Å². The van der Waals surface area contributed by atoms with E-state index in [4.69, 9.17) is 4.98 Å². The first-order chi connectivity index (χ1) is 20.3. The topological polar surface area (TPSA) is 22.8 Å². The van der Waals surface area contributed by atoms with Crippen LogP contribution in [-0.4, -0.2) is 14.1 Å². The molecule has 0 spiro atoms. The number of nitrogens with zero attached hydrogens (tertiary/aromatic N) is 3. The van der Waals surface area contributed by atoms with E-state index in [1.165, 1.54) is 54.4 Å². The lowest BCUT2D eigenvalue weighted by Crippen LogP contribution is -1.99. The zero-order valence-electron chi connectivity index (χ0n) is 22.0. The van der Waals surface area contributed by atoms with Gasteiger partial charge < -0.3 is 4.57 Å². The molecule has 0 unspecified atom stereocenters. The number of hydrogen-bond acceptors (Lipinski definition) is 2. The number of hydrogen-bond donors (Lipinski definition) is 0. The lowest BCUT2D eigenvalue weighted by molar-refractivity contribution is 1.08. The van der Waals surface area contributed by atoms with Crippen LogP contribution < -0.4 is 0 Å². The zero-order valence-corrected chi connectivity index (χ0v) is 22.8. The maximum Gasteiger partial charge on any atom is 0.138 e. The minimum absolute atomic E-state index is 0.929. The van der Waals surface area contributed by atoms with Crippen LogP contribution in [0, 0.1) is 0 Å². The van der Waals surface area contributed by atoms with Gasteiger partial charge in [-0.15, -0.1) is 11.3 Å². The Morgan fingerprint density at radius 2 is 1.22 bits per heavy atom. The summed E-state index contributed by atoms with van der Waals surface area (Å²) in [5, 5.41) is 12.1. The largest absolute Gasteiger partial charge is 0.309 e. The third-order valence-corrected chi connectivity index (χ3v) is 8.97. The number of pyridine rings is 1. The lowest BCUT2D eigenvalue weighted by Gasteiger charge is -2.12. The summed E-state index contributed by atoms with van der Waals surface area (Å²) < 4.78 is 4.67. The first kappa shape index (κ1) is 22.6. The van der Waals surface area contributed by atoms with Crippen LogP contribution in [0.2, 0.25) is 0 Å². The summed E-state index contributed by atoms with van der Waals surface area (Å²) in [6, 6.07) is 45.5. The van der Waals surface area contributed by atoms with E-state index in [0.717, 1.165) is 22.8 Å². The van der Waals surface area contributed by atoms with Crippen LogP contribution >= 0.6 is 11.3 Å². The van der Waals surface area contributed by atoms with E-state index in [-0.39, 0.29) is 0 Å². The van der Waals surface area contributed by atoms with E-state index in [2.05, 4.69) is 147 Å². The fourth-order valence-corrected chi connectivity index (χ4v) is 7.27. The van der Waals surface area contributed by atoms with Gasteiger partial charge in [-0.2, -0.15) is 0 Å². The van der Waals surface area contributed by atoms with Crippen LogP contribution in [0.25, 0.3) is 77.1 Å². The van der Waals surface area contributed by atoms with Gasteiger partial charge in [0.05, 0.1) is 27.8 Å². The molecule has 4 aromatic heterocycles. The first-order valence-corrected chi connectivity index (χ1v) is 14.7. The van der Waals surface area contributed by atoms with Gasteiger partial charge >= 0.3 is 0 Å². The van der Waals surface area contributed by atoms with Crippen molar-refractivity contribution in [2.75, 3.05) is 0 Å². The minimum Gasteiger partial charge on any atom is -0.309 e. The van der Waals surface area contributed by atoms with Crippen molar-refractivity contribution in [2.24, 2.45) is 0 Å². The predicted octanol–water partition coefficient (Wildman–Crippen LogP) is 10.2. The fraction of sp³-hybridized carbons (Fsp3) is 0. The zero-order chi connectivity index (χ0) is 26.9. The Kier molecular flexibility index (Phi) is 4.77. The maximum atomic E-state index is 5.25. The molecule has 0 aliphatic heterocycles. The van der Waals surface area contributed by atoms with E-state index >= 15 is 0 Å². The van der Waals surface area contributed by atoms with Crippen LogP contribution in [0.3, 0.4) is 0 Å². The molecule has 0 N–H and O–H groups in total. The molecule has 41 heavy (non-hydrogen) atoms. The van der Waals surface area contributed by atoms with E-state index in [9.17, 15) is 0 Å². The van der Waals surface area contributed by atoms with E-state index in [1.54, 1.807) is 11.3 Å². The van der Waals surface area contributed by atoms with Gasteiger partial charge in [-0.05, 0) is 53.2 Å². The summed E-state index contributed by atoms with van der Waals surface area (Å²) in [5.74, 6) is 0.929. The number of aromatic nitrogens is 3. The molecule has 0 bridgehead atoms. The molecule has 4 heteroatoms. The molecule has 9 rings (SSSR count). The normalized spacial score (nSPS) is 11.9. The van der Waals surface area contributed by atoms with Gasteiger partial charge in [0, 0.05) is 43.6 Å². The number of para-hydroxylation sites is 2. The molecule has 0 amide bonds. The van der Waals surface area contributed by atoms with Gasteiger partial charge in [-0.25, -0.2) is 4.98 Å². The second-order valence-electron chi connectivity index (χ2n) is 10.5. The second kappa shape index (κ2) is 8.65. The van der Waals surface area contributed by atoms with Crippen LogP contribution in [-0.2, 0) is 0 Å². The predicted molar refractivity (Wildman–Crippen MR) is 174 cm³/mol. The van der Waals surface area contributed by atoms with Crippen molar-refractivity contribution >= 4 is 65.7 Å². The van der Waals surface area contributed by atoms with Gasteiger partial charge in [-0.3, -0.25) is 4.57 Å². The molecular weight excluding hydrogens is 518 g/mol. The first-order valence-electron chi connectivity index (χ1n) is 13.8. The minimum atomic E-state index is 0.929. The summed E-state index contributed by atoms with van der Waals surface area (Å²) in [4.78, 5) is 5.25. The Morgan fingerprint density at radius 3 is 2.05 bits per heavy atom. The quantitative estimate of drug-likeness (QED) is 0.218. The molecule has 0 saturated carbocycles. The van der Waals surface area contributed by atoms with Gasteiger partial charge in [-0.1, -0.05) is 84.9 Å². The fourth-order valence-electron chi connectivity index (χ4n) is 6.47. The van der Waals surface area contributed by atoms with Crippen molar-refractivity contribution in [2.45, 2.75) is 0 Å². The Hall–Kier alpha value is -5.19. The van der Waals surface area contributed by atoms with Crippen molar-refractivity contribution in [1.29, 1.82) is 0 Å². The van der Waals surface area contributed by atoms with Crippen molar-refractivity contribution in [3.63, 3.8) is 0 Å². The Bertz CT molecular complexity index is 2390. The summed E-state index contributed by atoms with van der Waals surface area (Å²) in [6.45, 7) is 0. The standard InChI is InChI=1S/C37H23N3S/c1-2-12-27-24(9-1)19-20-34-37(27)30-22-41-23-35(30)40(34)36-18-8-15-31(38-36)25-10-7-11-26(21-25)39-32-16-5-3-13-28(32)29-14-4-6-17-33(29)39/h1-23H. The van der Waals surface area contributed by atoms with Gasteiger partial charge in [0.25, 0.3) is 0 Å². The molecule has 192 valence electrons. The van der Waals surface area contributed by atoms with Crippen molar-refractivity contribution < 1.29 is 0 Å². The third-order valence-electron chi connectivity index (χ3n) is 8.24. The molecule has 0 atom stereocenters. The van der Waals surface area contributed by atoms with Crippen molar-refractivity contribution in [1.82, 2.24) is 14.1 Å². The molecule has 5 aromatic carbocycles. The Morgan fingerprint density at radius 1 is 0.488 bits per heavy atom. The van der Waals surface area contributed by atoms with Crippen LogP contribution in [0.4, 0.5) is 0 Å². The van der Waals surface area contributed by atoms with Crippen molar-refractivity contribution in [3.05, 3.63) is 138 Å². The molecule has 9 aromatic rings. The lowest BCUT2D eigenvalue weighted by atomic mass is 10.1. The monoisotopic (exact) mass is 541 g/mol. The highest BCUT2D eigenvalue weighted by Gasteiger charge is 2.17. The number of fused-ring (bicyclic) bond motifs is 8. The summed E-state index contributed by atoms with van der Waals surface area (Å²) in [6.07, 6.45) is 0. The molecular formula is C37H23N3S. The van der Waals surface area contributed by atoms with E-state index in [0.29, 0.717) is 0 Å². The average Bonchev–Trinajstić information content (AvgIpc) is 3.72. The SMILES string of the molecule is c1cc(-c2cccc(-n3c4cscc4c4c5ccccc5ccc43)n2)cc(-n2c3ccccc3c3ccccc32)c1. The van der Waals surface area contributed by atoms with Crippen molar-refractivity contribution in [3.8, 4) is 22.8 Å². The highest BCUT2D eigenvalue weighted by Crippen LogP contribution is 2.39. The van der Waals surface area contributed by atoms with Gasteiger partial charge in [0.2, 0.25) is 0 Å². The number of rotatable bonds is 3. The second-order valence-corrected chi connectivity index (χ2v) is 11.2. The molecule has 0 fully saturated rings. The highest BCUT2D eigenvalue weighted by molar-refractivity contribution is 7.09. The summed E-state index contributed by atoms with van der Waals surface area (Å²) in [5.41, 5.74) is 7.98. The maximum absolute atomic E-state index is 5.25. The Labute approximate surface area is 240 Å². The molecule has 0 aliphatic rings.